The molecule has 0 bridgehead atoms. The van der Waals surface area contributed by atoms with Crippen LogP contribution in [0.25, 0.3) is 0 Å². The fourth-order valence-corrected chi connectivity index (χ4v) is 5.62. The molecular weight excluding hydrogens is 470 g/mol. The highest BCUT2D eigenvalue weighted by molar-refractivity contribution is 7.90. The van der Waals surface area contributed by atoms with E-state index >= 15 is 0 Å². The van der Waals surface area contributed by atoms with Gasteiger partial charge in [0.2, 0.25) is 20.9 Å². The first-order valence-electron chi connectivity index (χ1n) is 12.0. The van der Waals surface area contributed by atoms with Crippen molar-refractivity contribution in [2.75, 3.05) is 6.54 Å². The van der Waals surface area contributed by atoms with Gasteiger partial charge >= 0.3 is 0 Å². The number of aromatic nitrogens is 2. The predicted octanol–water partition coefficient (Wildman–Crippen LogP) is 4.80. The number of likely N-dealkylation sites (N-methyl/N-ethyl adjacent to an activating group) is 1. The van der Waals surface area contributed by atoms with Crippen LogP contribution in [-0.4, -0.2) is 35.3 Å². The average Bonchev–Trinajstić information content (AvgIpc) is 3.28. The number of hydrogen-bond acceptors (Lipinski definition) is 4. The fraction of sp³-hybridized carbons (Fsp3) is 0.241. The molecular formula is C29H31N3O3S. The summed E-state index contributed by atoms with van der Waals surface area (Å²) in [4.78, 5) is 19.2. The van der Waals surface area contributed by atoms with Crippen LogP contribution < -0.4 is 0 Å². The van der Waals surface area contributed by atoms with Gasteiger partial charge in [0, 0.05) is 6.54 Å². The molecule has 0 radical (unpaired) electrons. The summed E-state index contributed by atoms with van der Waals surface area (Å²) in [6, 6.07) is 26.8. The molecule has 186 valence electrons. The quantitative estimate of drug-likeness (QED) is 0.313. The van der Waals surface area contributed by atoms with E-state index in [1.807, 2.05) is 98.8 Å². The molecule has 4 aromatic rings. The van der Waals surface area contributed by atoms with Gasteiger partial charge in [0.25, 0.3) is 0 Å². The lowest BCUT2D eigenvalue weighted by atomic mass is 10.1. The molecule has 0 N–H and O–H groups in total. The van der Waals surface area contributed by atoms with E-state index < -0.39 is 9.84 Å². The van der Waals surface area contributed by atoms with Crippen LogP contribution in [0.15, 0.2) is 96.3 Å². The van der Waals surface area contributed by atoms with E-state index in [4.69, 9.17) is 0 Å². The number of nitrogens with zero attached hydrogens (tertiary/aromatic N) is 3. The lowest BCUT2D eigenvalue weighted by molar-refractivity contribution is -0.130. The Kier molecular flexibility index (Phi) is 8.00. The number of hydrogen-bond donors (Lipinski definition) is 0. The zero-order valence-electron chi connectivity index (χ0n) is 20.7. The summed E-state index contributed by atoms with van der Waals surface area (Å²) in [6.07, 6.45) is 1.88. The second-order valence-corrected chi connectivity index (χ2v) is 10.8. The Labute approximate surface area is 213 Å². The van der Waals surface area contributed by atoms with Gasteiger partial charge in [-0.25, -0.2) is 13.4 Å². The molecule has 0 atom stereocenters. The molecule has 0 spiro atoms. The summed E-state index contributed by atoms with van der Waals surface area (Å²) in [5.74, 6) is -0.150. The third kappa shape index (κ3) is 6.29. The number of imidazole rings is 1. The fourth-order valence-electron chi connectivity index (χ4n) is 4.12. The summed E-state index contributed by atoms with van der Waals surface area (Å²) in [5.41, 5.74) is 4.38. The minimum Gasteiger partial charge on any atom is -0.337 e. The van der Waals surface area contributed by atoms with E-state index in [9.17, 15) is 13.2 Å². The molecule has 0 unspecified atom stereocenters. The molecule has 0 aliphatic rings. The molecule has 3 aromatic carbocycles. The Hall–Kier alpha value is -3.71. The lowest BCUT2D eigenvalue weighted by Gasteiger charge is -2.22. The van der Waals surface area contributed by atoms with Gasteiger partial charge in [-0.05, 0) is 30.5 Å². The molecule has 1 amide bonds. The third-order valence-electron chi connectivity index (χ3n) is 6.13. The first kappa shape index (κ1) is 25.4. The second-order valence-electron chi connectivity index (χ2n) is 8.92. The maximum atomic E-state index is 13.5. The molecule has 36 heavy (non-hydrogen) atoms. The van der Waals surface area contributed by atoms with Crippen LogP contribution in [0.3, 0.4) is 0 Å². The molecule has 0 aliphatic carbocycles. The molecule has 0 saturated heterocycles. The SMILES string of the molecule is CCN(Cc1cnc(S(=O)(=O)Cc2ccc(C)cc2)n1Cc1ccccc1)C(=O)Cc1ccccc1. The number of aryl methyl sites for hydroxylation is 1. The molecule has 1 heterocycles. The lowest BCUT2D eigenvalue weighted by Crippen LogP contribution is -2.32. The molecule has 0 aliphatic heterocycles. The standard InChI is InChI=1S/C29H31N3O3S/c1-3-31(28(33)18-24-10-6-4-7-11-24)21-27-19-30-29(32(27)20-25-12-8-5-9-13-25)36(34,35)22-26-16-14-23(2)15-17-26/h4-17,19H,3,18,20-22H2,1-2H3. The third-order valence-corrected chi connectivity index (χ3v) is 7.72. The number of carbonyl (C=O) groups is 1. The van der Waals surface area contributed by atoms with Crippen molar-refractivity contribution in [1.82, 2.24) is 14.5 Å². The minimum atomic E-state index is -3.72. The van der Waals surface area contributed by atoms with Crippen molar-refractivity contribution in [2.24, 2.45) is 0 Å². The van der Waals surface area contributed by atoms with Crippen molar-refractivity contribution in [3.63, 3.8) is 0 Å². The van der Waals surface area contributed by atoms with Gasteiger partial charge in [0.1, 0.15) is 0 Å². The van der Waals surface area contributed by atoms with E-state index in [0.29, 0.717) is 30.8 Å². The Morgan fingerprint density at radius 2 is 1.47 bits per heavy atom. The Balaban J connectivity index is 1.64. The average molecular weight is 502 g/mol. The number of amides is 1. The van der Waals surface area contributed by atoms with Crippen LogP contribution >= 0.6 is 0 Å². The first-order chi connectivity index (χ1) is 17.4. The van der Waals surface area contributed by atoms with Crippen LogP contribution in [0, 0.1) is 6.92 Å². The molecule has 4 rings (SSSR count). The van der Waals surface area contributed by atoms with E-state index in [2.05, 4.69) is 4.98 Å². The number of carbonyl (C=O) groups excluding carboxylic acids is 1. The van der Waals surface area contributed by atoms with Gasteiger partial charge in [-0.2, -0.15) is 0 Å². The van der Waals surface area contributed by atoms with Gasteiger partial charge in [0.15, 0.2) is 0 Å². The summed E-state index contributed by atoms with van der Waals surface area (Å²) >= 11 is 0. The van der Waals surface area contributed by atoms with E-state index in [-0.39, 0.29) is 23.4 Å². The maximum Gasteiger partial charge on any atom is 0.228 e. The normalized spacial score (nSPS) is 11.4. The van der Waals surface area contributed by atoms with Crippen LogP contribution in [0.2, 0.25) is 0 Å². The molecule has 7 heteroatoms. The Bertz CT molecular complexity index is 1400. The summed E-state index contributed by atoms with van der Waals surface area (Å²) in [6.45, 7) is 5.03. The van der Waals surface area contributed by atoms with Crippen molar-refractivity contribution < 1.29 is 13.2 Å². The van der Waals surface area contributed by atoms with Crippen molar-refractivity contribution in [1.29, 1.82) is 0 Å². The first-order valence-corrected chi connectivity index (χ1v) is 13.7. The van der Waals surface area contributed by atoms with Crippen LogP contribution in [-0.2, 0) is 39.9 Å². The Morgan fingerprint density at radius 3 is 2.08 bits per heavy atom. The van der Waals surface area contributed by atoms with Crippen LogP contribution in [0.1, 0.15) is 34.9 Å². The summed E-state index contributed by atoms with van der Waals surface area (Å²) in [5, 5.41) is 0.0217. The van der Waals surface area contributed by atoms with Gasteiger partial charge < -0.3 is 9.47 Å². The largest absolute Gasteiger partial charge is 0.337 e. The van der Waals surface area contributed by atoms with Gasteiger partial charge in [-0.3, -0.25) is 4.79 Å². The highest BCUT2D eigenvalue weighted by Crippen LogP contribution is 2.21. The molecule has 0 saturated carbocycles. The van der Waals surface area contributed by atoms with Crippen LogP contribution in [0.5, 0.6) is 0 Å². The van der Waals surface area contributed by atoms with Crippen molar-refractivity contribution in [3.05, 3.63) is 119 Å². The highest BCUT2D eigenvalue weighted by Gasteiger charge is 2.25. The number of sulfone groups is 1. The summed E-state index contributed by atoms with van der Waals surface area (Å²) < 4.78 is 28.7. The van der Waals surface area contributed by atoms with E-state index in [0.717, 1.165) is 16.7 Å². The Morgan fingerprint density at radius 1 is 0.861 bits per heavy atom. The van der Waals surface area contributed by atoms with E-state index in [1.54, 1.807) is 15.7 Å². The zero-order valence-corrected chi connectivity index (χ0v) is 21.5. The topological polar surface area (TPSA) is 72.3 Å². The van der Waals surface area contributed by atoms with Crippen LogP contribution in [0.4, 0.5) is 0 Å². The summed E-state index contributed by atoms with van der Waals surface area (Å²) in [7, 11) is -3.72. The molecule has 6 nitrogen and oxygen atoms in total. The second kappa shape index (κ2) is 11.4. The molecule has 0 fully saturated rings. The van der Waals surface area contributed by atoms with Gasteiger partial charge in [-0.15, -0.1) is 0 Å². The number of benzene rings is 3. The van der Waals surface area contributed by atoms with E-state index in [1.165, 1.54) is 0 Å². The highest BCUT2D eigenvalue weighted by atomic mass is 32.2. The monoisotopic (exact) mass is 501 g/mol. The van der Waals surface area contributed by atoms with Gasteiger partial charge in [-0.1, -0.05) is 90.5 Å². The predicted molar refractivity (Wildman–Crippen MR) is 141 cm³/mol. The van der Waals surface area contributed by atoms with Crippen molar-refractivity contribution in [2.45, 2.75) is 44.3 Å². The minimum absolute atomic E-state index is 0.0137. The van der Waals surface area contributed by atoms with Crippen molar-refractivity contribution in [3.8, 4) is 0 Å². The zero-order chi connectivity index (χ0) is 25.5. The smallest absolute Gasteiger partial charge is 0.228 e. The number of rotatable bonds is 10. The molecule has 1 aromatic heterocycles. The van der Waals surface area contributed by atoms with Crippen molar-refractivity contribution >= 4 is 15.7 Å². The maximum absolute atomic E-state index is 13.5. The van der Waals surface area contributed by atoms with Gasteiger partial charge in [0.05, 0.1) is 37.2 Å².